The molecule has 0 spiro atoms. The zero-order chi connectivity index (χ0) is 17.6. The monoisotopic (exact) mass is 336 g/mol. The van der Waals surface area contributed by atoms with Crippen LogP contribution in [0.25, 0.3) is 10.9 Å². The molecule has 1 aliphatic rings. The molecule has 1 saturated heterocycles. The first kappa shape index (κ1) is 16.1. The number of hydrogen-bond acceptors (Lipinski definition) is 4. The van der Waals surface area contributed by atoms with E-state index in [1.807, 2.05) is 24.1 Å². The zero-order valence-corrected chi connectivity index (χ0v) is 15.0. The molecule has 25 heavy (non-hydrogen) atoms. The third-order valence-electron chi connectivity index (χ3n) is 5.40. The second-order valence-corrected chi connectivity index (χ2v) is 7.16. The van der Waals surface area contributed by atoms with Crippen molar-refractivity contribution in [1.29, 1.82) is 0 Å². The van der Waals surface area contributed by atoms with Crippen LogP contribution in [-0.2, 0) is 7.05 Å². The van der Waals surface area contributed by atoms with Gasteiger partial charge in [0.2, 0.25) is 0 Å². The number of aryl methyl sites for hydroxylation is 3. The molecule has 4 rings (SSSR count). The molecule has 2 aromatic heterocycles. The number of rotatable bonds is 3. The maximum Gasteiger partial charge on any atom is 0.0752 e. The molecule has 5 nitrogen and oxygen atoms in total. The number of pyridine rings is 1. The summed E-state index contributed by atoms with van der Waals surface area (Å²) >= 11 is 0. The van der Waals surface area contributed by atoms with Crippen molar-refractivity contribution in [2.45, 2.75) is 19.8 Å². The van der Waals surface area contributed by atoms with Crippen molar-refractivity contribution in [3.8, 4) is 0 Å². The Bertz CT molecular complexity index is 917. The highest BCUT2D eigenvalue weighted by Gasteiger charge is 2.35. The Morgan fingerprint density at radius 2 is 2.00 bits per heavy atom. The van der Waals surface area contributed by atoms with E-state index in [-0.39, 0.29) is 12.5 Å². The zero-order valence-electron chi connectivity index (χ0n) is 15.0. The van der Waals surface area contributed by atoms with Crippen LogP contribution in [0, 0.1) is 19.8 Å². The van der Waals surface area contributed by atoms with Gasteiger partial charge in [0.05, 0.1) is 17.4 Å². The maximum absolute atomic E-state index is 9.93. The molecule has 5 heteroatoms. The minimum absolute atomic E-state index is 0.192. The van der Waals surface area contributed by atoms with Crippen molar-refractivity contribution in [2.75, 3.05) is 24.6 Å². The summed E-state index contributed by atoms with van der Waals surface area (Å²) in [5.74, 6) is 0.516. The van der Waals surface area contributed by atoms with E-state index in [1.165, 1.54) is 27.8 Å². The van der Waals surface area contributed by atoms with Gasteiger partial charge in [-0.15, -0.1) is 0 Å². The number of anilines is 1. The smallest absolute Gasteiger partial charge is 0.0752 e. The highest BCUT2D eigenvalue weighted by molar-refractivity contribution is 5.95. The van der Waals surface area contributed by atoms with Gasteiger partial charge >= 0.3 is 0 Å². The van der Waals surface area contributed by atoms with E-state index >= 15 is 0 Å². The van der Waals surface area contributed by atoms with Gasteiger partial charge in [-0.1, -0.05) is 18.2 Å². The number of nitrogens with zero attached hydrogens (tertiary/aromatic N) is 4. The van der Waals surface area contributed by atoms with Crippen LogP contribution < -0.4 is 4.90 Å². The van der Waals surface area contributed by atoms with E-state index in [0.29, 0.717) is 5.92 Å². The minimum atomic E-state index is 0.192. The summed E-state index contributed by atoms with van der Waals surface area (Å²) in [6.45, 7) is 6.16. The SMILES string of the molecule is Cc1cnc2c(C)cccc2c1N1C[C@@H](CO)[C@H](c2cnn(C)c2)C1. The molecule has 1 fully saturated rings. The summed E-state index contributed by atoms with van der Waals surface area (Å²) in [5, 5.41) is 15.4. The average molecular weight is 336 g/mol. The summed E-state index contributed by atoms with van der Waals surface area (Å²) in [7, 11) is 1.94. The van der Waals surface area contributed by atoms with Crippen molar-refractivity contribution in [1.82, 2.24) is 14.8 Å². The summed E-state index contributed by atoms with van der Waals surface area (Å²) in [4.78, 5) is 7.06. The van der Waals surface area contributed by atoms with Crippen molar-refractivity contribution in [3.05, 3.63) is 53.5 Å². The number of aromatic nitrogens is 3. The molecule has 0 saturated carbocycles. The third kappa shape index (κ3) is 2.68. The van der Waals surface area contributed by atoms with Crippen molar-refractivity contribution in [2.24, 2.45) is 13.0 Å². The fraction of sp³-hybridized carbons (Fsp3) is 0.400. The number of fused-ring (bicyclic) bond motifs is 1. The average Bonchev–Trinajstić information content (AvgIpc) is 3.20. The first-order valence-electron chi connectivity index (χ1n) is 8.77. The molecule has 0 bridgehead atoms. The topological polar surface area (TPSA) is 54.2 Å². The van der Waals surface area contributed by atoms with Crippen molar-refractivity contribution < 1.29 is 5.11 Å². The molecule has 3 aromatic rings. The largest absolute Gasteiger partial charge is 0.396 e. The number of aliphatic hydroxyl groups is 1. The molecule has 3 heterocycles. The van der Waals surface area contributed by atoms with E-state index < -0.39 is 0 Å². The van der Waals surface area contributed by atoms with E-state index in [1.54, 1.807) is 0 Å². The molecule has 0 radical (unpaired) electrons. The molecule has 1 aliphatic heterocycles. The van der Waals surface area contributed by atoms with Crippen LogP contribution in [0.4, 0.5) is 5.69 Å². The highest BCUT2D eigenvalue weighted by atomic mass is 16.3. The molecule has 130 valence electrons. The predicted octanol–water partition coefficient (Wildman–Crippen LogP) is 2.80. The number of benzene rings is 1. The van der Waals surface area contributed by atoms with E-state index in [0.717, 1.165) is 18.6 Å². The lowest BCUT2D eigenvalue weighted by molar-refractivity contribution is 0.227. The van der Waals surface area contributed by atoms with Crippen LogP contribution >= 0.6 is 0 Å². The standard InChI is InChI=1S/C20H24N4O/c1-13-5-4-6-17-19(13)21-7-14(2)20(17)24-10-16(12-25)18(11-24)15-8-22-23(3)9-15/h4-9,16,18,25H,10-12H2,1-3H3/t16-,18-/m0/s1. The highest BCUT2D eigenvalue weighted by Crippen LogP contribution is 2.39. The Labute approximate surface area is 147 Å². The van der Waals surface area contributed by atoms with Gasteiger partial charge in [0.1, 0.15) is 0 Å². The fourth-order valence-electron chi connectivity index (χ4n) is 4.12. The second-order valence-electron chi connectivity index (χ2n) is 7.16. The second kappa shape index (κ2) is 6.15. The van der Waals surface area contributed by atoms with Gasteiger partial charge < -0.3 is 10.0 Å². The van der Waals surface area contributed by atoms with Gasteiger partial charge in [0.25, 0.3) is 0 Å². The molecule has 0 aliphatic carbocycles. The first-order valence-corrected chi connectivity index (χ1v) is 8.77. The van der Waals surface area contributed by atoms with Crippen molar-refractivity contribution >= 4 is 16.6 Å². The summed E-state index contributed by atoms with van der Waals surface area (Å²) in [6, 6.07) is 6.36. The Kier molecular flexibility index (Phi) is 3.96. The van der Waals surface area contributed by atoms with Crippen LogP contribution in [0.15, 0.2) is 36.8 Å². The summed E-state index contributed by atoms with van der Waals surface area (Å²) < 4.78 is 1.84. The normalized spacial score (nSPS) is 20.6. The van der Waals surface area contributed by atoms with Gasteiger partial charge in [-0.3, -0.25) is 9.67 Å². The van der Waals surface area contributed by atoms with E-state index in [9.17, 15) is 5.11 Å². The number of para-hydroxylation sites is 1. The lowest BCUT2D eigenvalue weighted by Gasteiger charge is -2.23. The van der Waals surface area contributed by atoms with Gasteiger partial charge in [0, 0.05) is 56.4 Å². The molecule has 2 atom stereocenters. The summed E-state index contributed by atoms with van der Waals surface area (Å²) in [5.41, 5.74) is 5.89. The van der Waals surface area contributed by atoms with Gasteiger partial charge in [-0.05, 0) is 30.5 Å². The Balaban J connectivity index is 1.77. The maximum atomic E-state index is 9.93. The van der Waals surface area contributed by atoms with Crippen LogP contribution in [-0.4, -0.2) is 39.6 Å². The first-order chi connectivity index (χ1) is 12.1. The van der Waals surface area contributed by atoms with Gasteiger partial charge in [-0.25, -0.2) is 0 Å². The predicted molar refractivity (Wildman–Crippen MR) is 100.0 cm³/mol. The fourth-order valence-corrected chi connectivity index (χ4v) is 4.12. The Morgan fingerprint density at radius 3 is 2.72 bits per heavy atom. The summed E-state index contributed by atoms with van der Waals surface area (Å²) in [6.07, 6.45) is 5.97. The lowest BCUT2D eigenvalue weighted by atomic mass is 9.92. The van der Waals surface area contributed by atoms with E-state index in [4.69, 9.17) is 0 Å². The van der Waals surface area contributed by atoms with Crippen LogP contribution in [0.1, 0.15) is 22.6 Å². The van der Waals surface area contributed by atoms with Gasteiger partial charge in [0.15, 0.2) is 0 Å². The number of hydrogen-bond donors (Lipinski definition) is 1. The minimum Gasteiger partial charge on any atom is -0.396 e. The van der Waals surface area contributed by atoms with E-state index in [2.05, 4.69) is 53.2 Å². The lowest BCUT2D eigenvalue weighted by Crippen LogP contribution is -2.22. The quantitative estimate of drug-likeness (QED) is 0.799. The third-order valence-corrected chi connectivity index (χ3v) is 5.40. The number of aliphatic hydroxyl groups excluding tert-OH is 1. The molecule has 1 N–H and O–H groups in total. The Morgan fingerprint density at radius 1 is 1.16 bits per heavy atom. The Hall–Kier alpha value is -2.40. The van der Waals surface area contributed by atoms with Gasteiger partial charge in [-0.2, -0.15) is 5.10 Å². The van der Waals surface area contributed by atoms with Crippen LogP contribution in [0.3, 0.4) is 0 Å². The molecule has 0 unspecified atom stereocenters. The molecular weight excluding hydrogens is 312 g/mol. The van der Waals surface area contributed by atoms with Crippen LogP contribution in [0.5, 0.6) is 0 Å². The molecular formula is C20H24N4O. The van der Waals surface area contributed by atoms with Crippen LogP contribution in [0.2, 0.25) is 0 Å². The molecule has 0 amide bonds. The van der Waals surface area contributed by atoms with Crippen molar-refractivity contribution in [3.63, 3.8) is 0 Å². The molecule has 1 aromatic carbocycles.